The highest BCUT2D eigenvalue weighted by molar-refractivity contribution is 6.30. The van der Waals surface area contributed by atoms with Crippen LogP contribution in [0, 0.1) is 0 Å². The molecule has 3 heteroatoms. The Hall–Kier alpha value is -12.8. The summed E-state index contributed by atoms with van der Waals surface area (Å²) in [6, 6.07) is 130. The van der Waals surface area contributed by atoms with Gasteiger partial charge in [0.1, 0.15) is 0 Å². The van der Waals surface area contributed by atoms with E-state index < -0.39 is 0 Å². The molecule has 0 radical (unpaired) electrons. The van der Waals surface area contributed by atoms with Crippen LogP contribution in [0.4, 0.5) is 0 Å². The first kappa shape index (κ1) is 54.6. The molecule has 1 aliphatic rings. The average molecular weight is 1240 g/mol. The van der Waals surface area contributed by atoms with E-state index in [9.17, 15) is 0 Å². The fourth-order valence-electron chi connectivity index (χ4n) is 17.1. The Morgan fingerprint density at radius 3 is 1.10 bits per heavy atom. The second kappa shape index (κ2) is 21.3. The maximum Gasteiger partial charge on any atom is 0.0547 e. The molecule has 1 aliphatic carbocycles. The molecule has 0 amide bonds. The third kappa shape index (κ3) is 8.17. The molecule has 0 aliphatic heterocycles. The third-order valence-electron chi connectivity index (χ3n) is 21.5. The fraction of sp³-hybridized carbons (Fsp3) is 0.0105. The van der Waals surface area contributed by atoms with Crippen molar-refractivity contribution in [3.63, 3.8) is 0 Å². The highest BCUT2D eigenvalue weighted by Crippen LogP contribution is 2.53. The number of hydrogen-bond acceptors (Lipinski definition) is 0. The van der Waals surface area contributed by atoms with Crippen LogP contribution in [0.3, 0.4) is 0 Å². The largest absolute Gasteiger partial charge is 0.309 e. The maximum absolute atomic E-state index is 2.50. The van der Waals surface area contributed by atoms with Gasteiger partial charge in [-0.25, -0.2) is 0 Å². The Kier molecular flexibility index (Phi) is 11.9. The van der Waals surface area contributed by atoms with Crippen LogP contribution in [0.1, 0.15) is 22.6 Å². The molecule has 98 heavy (non-hydrogen) atoms. The molecule has 22 rings (SSSR count). The Morgan fingerprint density at radius 2 is 0.551 bits per heavy atom. The van der Waals surface area contributed by atoms with E-state index >= 15 is 0 Å². The maximum atomic E-state index is 2.50. The lowest BCUT2D eigenvalue weighted by Gasteiger charge is -2.16. The van der Waals surface area contributed by atoms with Crippen molar-refractivity contribution < 1.29 is 0 Å². The van der Waals surface area contributed by atoms with Gasteiger partial charge in [0.2, 0.25) is 0 Å². The topological polar surface area (TPSA) is 14.8 Å². The molecule has 0 fully saturated rings. The Morgan fingerprint density at radius 1 is 0.194 bits per heavy atom. The molecule has 0 spiro atoms. The van der Waals surface area contributed by atoms with Crippen molar-refractivity contribution in [2.45, 2.75) is 5.92 Å². The summed E-state index contributed by atoms with van der Waals surface area (Å²) in [5.41, 5.74) is 20.1. The molecule has 1 atom stereocenters. The molecule has 0 N–H and O–H groups in total. The van der Waals surface area contributed by atoms with Crippen molar-refractivity contribution in [3.8, 4) is 39.3 Å². The van der Waals surface area contributed by atoms with Crippen molar-refractivity contribution in [2.24, 2.45) is 0 Å². The minimum Gasteiger partial charge on any atom is -0.309 e. The Balaban J connectivity index is 0.000000129. The Labute approximate surface area is 564 Å². The standard InChI is InChI=1S/C48H30N2.C47H29N/c1-2-12-35-29-36(18-17-31(35)9-1)32-19-23-37(24-20-32)49-43-16-8-7-15-41(43)42-30-38(25-28-44(42)49)50-45-26-21-33-10-3-5-13-39(33)47(45)48-40-14-6-4-11-34(40)22-27-46(48)50;1-2-13-33-27-34(18-17-29(33)9-1)44-39-24-22-35(28-41(39)45-36-14-6-3-10-30(36)19-23-40(44)45)48-42-25-20-31-11-4-7-15-37(31)46(42)47-38-16-8-5-12-32(38)21-26-43(47)48/h1-30H;1-28,44H. The van der Waals surface area contributed by atoms with E-state index in [4.69, 9.17) is 0 Å². The van der Waals surface area contributed by atoms with E-state index in [0.29, 0.717) is 0 Å². The van der Waals surface area contributed by atoms with Gasteiger partial charge in [0.15, 0.2) is 0 Å². The smallest absolute Gasteiger partial charge is 0.0547 e. The molecule has 0 saturated heterocycles. The molecular weight excluding hydrogens is 1180 g/mol. The predicted octanol–water partition coefficient (Wildman–Crippen LogP) is 25.6. The van der Waals surface area contributed by atoms with Crippen molar-refractivity contribution in [1.82, 2.24) is 13.7 Å². The van der Waals surface area contributed by atoms with E-state index in [0.717, 1.165) is 11.4 Å². The summed E-state index contributed by atoms with van der Waals surface area (Å²) < 4.78 is 7.37. The number of nitrogens with zero attached hydrogens (tertiary/aromatic N) is 3. The summed E-state index contributed by atoms with van der Waals surface area (Å²) in [6.45, 7) is 0. The summed E-state index contributed by atoms with van der Waals surface area (Å²) in [6.07, 6.45) is 0. The zero-order valence-electron chi connectivity index (χ0n) is 53.4. The molecule has 1 unspecified atom stereocenters. The first-order valence-corrected chi connectivity index (χ1v) is 34.1. The number of aromatic nitrogens is 3. The van der Waals surface area contributed by atoms with E-state index in [1.165, 1.54) is 185 Å². The lowest BCUT2D eigenvalue weighted by Crippen LogP contribution is -2.00. The summed E-state index contributed by atoms with van der Waals surface area (Å²) in [5.74, 6) is 0.171. The zero-order valence-corrected chi connectivity index (χ0v) is 53.4. The highest BCUT2D eigenvalue weighted by Gasteiger charge is 2.33. The molecule has 3 aromatic heterocycles. The lowest BCUT2D eigenvalue weighted by molar-refractivity contribution is 1.02. The van der Waals surface area contributed by atoms with Gasteiger partial charge < -0.3 is 13.7 Å². The molecule has 3 heterocycles. The van der Waals surface area contributed by atoms with E-state index in [2.05, 4.69) is 366 Å². The summed E-state index contributed by atoms with van der Waals surface area (Å²) in [5, 5.41) is 25.7. The first-order valence-electron chi connectivity index (χ1n) is 34.1. The van der Waals surface area contributed by atoms with Crippen LogP contribution in [0.2, 0.25) is 0 Å². The van der Waals surface area contributed by atoms with Gasteiger partial charge in [0.05, 0.1) is 33.1 Å². The van der Waals surface area contributed by atoms with Crippen molar-refractivity contribution in [3.05, 3.63) is 369 Å². The second-order valence-corrected chi connectivity index (χ2v) is 26.6. The van der Waals surface area contributed by atoms with Crippen molar-refractivity contribution in [2.75, 3.05) is 0 Å². The second-order valence-electron chi connectivity index (χ2n) is 26.6. The lowest BCUT2D eigenvalue weighted by atomic mass is 9.87. The molecule has 3 nitrogen and oxygen atoms in total. The van der Waals surface area contributed by atoms with Gasteiger partial charge in [-0.05, 0) is 193 Å². The van der Waals surface area contributed by atoms with Crippen LogP contribution in [0.5, 0.6) is 0 Å². The summed E-state index contributed by atoms with van der Waals surface area (Å²) in [7, 11) is 0. The zero-order chi connectivity index (χ0) is 64.1. The molecule has 18 aromatic carbocycles. The van der Waals surface area contributed by atoms with E-state index in [1.807, 2.05) is 0 Å². The number of hydrogen-bond donors (Lipinski definition) is 0. The van der Waals surface area contributed by atoms with Gasteiger partial charge in [-0.15, -0.1) is 0 Å². The normalized spacial score (nSPS) is 13.0. The predicted molar refractivity (Wildman–Crippen MR) is 417 cm³/mol. The minimum absolute atomic E-state index is 0.171. The summed E-state index contributed by atoms with van der Waals surface area (Å²) >= 11 is 0. The number of rotatable bonds is 5. The van der Waals surface area contributed by atoms with Crippen molar-refractivity contribution in [1.29, 1.82) is 0 Å². The molecular formula is C95H59N3. The first-order chi connectivity index (χ1) is 48.6. The quantitative estimate of drug-likeness (QED) is 0.163. The van der Waals surface area contributed by atoms with Crippen LogP contribution < -0.4 is 0 Å². The molecule has 0 bridgehead atoms. The van der Waals surface area contributed by atoms with E-state index in [-0.39, 0.29) is 5.92 Å². The van der Waals surface area contributed by atoms with Gasteiger partial charge in [-0.2, -0.15) is 0 Å². The van der Waals surface area contributed by atoms with Gasteiger partial charge >= 0.3 is 0 Å². The average Bonchev–Trinajstić information content (AvgIpc) is 1.56. The van der Waals surface area contributed by atoms with Crippen LogP contribution >= 0.6 is 0 Å². The van der Waals surface area contributed by atoms with Crippen LogP contribution in [0.25, 0.3) is 180 Å². The van der Waals surface area contributed by atoms with Crippen LogP contribution in [-0.4, -0.2) is 13.7 Å². The monoisotopic (exact) mass is 1240 g/mol. The summed E-state index contributed by atoms with van der Waals surface area (Å²) in [4.78, 5) is 0. The van der Waals surface area contributed by atoms with Gasteiger partial charge in [-0.3, -0.25) is 0 Å². The third-order valence-corrected chi connectivity index (χ3v) is 21.5. The SMILES string of the molecule is c1ccc2cc(-c3ccc(-n4c5ccccc5c5cc(-n6c7ccc8ccccc8c7c7c8ccccc8ccc76)ccc54)cc3)ccc2c1.c1ccc2cc(C3c4ccc(-n5c6ccc7ccccc7c6c6c7ccccc7ccc65)cc4-c4c3ccc3ccccc43)ccc2c1. The fourth-order valence-corrected chi connectivity index (χ4v) is 17.1. The number of para-hydroxylation sites is 1. The van der Waals surface area contributed by atoms with Gasteiger partial charge in [0, 0.05) is 55.3 Å². The molecule has 21 aromatic rings. The van der Waals surface area contributed by atoms with Crippen molar-refractivity contribution >= 4 is 141 Å². The number of benzene rings is 18. The molecule has 454 valence electrons. The van der Waals surface area contributed by atoms with Gasteiger partial charge in [0.25, 0.3) is 0 Å². The van der Waals surface area contributed by atoms with Gasteiger partial charge in [-0.1, -0.05) is 273 Å². The van der Waals surface area contributed by atoms with Crippen LogP contribution in [-0.2, 0) is 0 Å². The molecule has 0 saturated carbocycles. The van der Waals surface area contributed by atoms with E-state index in [1.54, 1.807) is 0 Å². The minimum atomic E-state index is 0.171. The Bertz CT molecular complexity index is 6750. The van der Waals surface area contributed by atoms with Crippen LogP contribution in [0.15, 0.2) is 352 Å². The number of fused-ring (bicyclic) bond motifs is 24. The highest BCUT2D eigenvalue weighted by atomic mass is 15.0.